The van der Waals surface area contributed by atoms with Gasteiger partial charge in [-0.2, -0.15) is 0 Å². The number of hydrogen-bond donors (Lipinski definition) is 7. The van der Waals surface area contributed by atoms with Gasteiger partial charge in [0.25, 0.3) is 5.91 Å². The molecule has 0 unspecified atom stereocenters. The Balaban J connectivity index is 2.08. The molecule has 0 aromatic heterocycles. The summed E-state index contributed by atoms with van der Waals surface area (Å²) < 4.78 is 27.9. The van der Waals surface area contributed by atoms with Crippen LogP contribution in [0.5, 0.6) is 0 Å². The fourth-order valence-corrected chi connectivity index (χ4v) is 7.65. The summed E-state index contributed by atoms with van der Waals surface area (Å²) >= 11 is 0. The number of hydrogen-bond acceptors (Lipinski definition) is 10. The zero-order chi connectivity index (χ0) is 31.9. The minimum absolute atomic E-state index is 0.0344. The molecule has 1 heterocycles. The molecule has 0 spiro atoms. The molecule has 0 fully saturated rings. The van der Waals surface area contributed by atoms with Crippen molar-refractivity contribution in [2.45, 2.75) is 93.3 Å². The van der Waals surface area contributed by atoms with E-state index in [4.69, 9.17) is 5.11 Å². The molecule has 1 aliphatic heterocycles. The number of unbranched alkanes of at least 4 members (excludes halogenated alkanes) is 2. The topological polar surface area (TPSA) is 180 Å². The largest absolute Gasteiger partial charge is 0.394 e. The Morgan fingerprint density at radius 2 is 1.67 bits per heavy atom. The van der Waals surface area contributed by atoms with Crippen LogP contribution in [0.2, 0.25) is 0 Å². The first-order valence-electron chi connectivity index (χ1n) is 14.8. The Hall–Kier alpha value is -2.58. The number of aliphatic hydroxyl groups excluding tert-OH is 5. The van der Waals surface area contributed by atoms with Crippen molar-refractivity contribution in [2.24, 2.45) is 0 Å². The van der Waals surface area contributed by atoms with Crippen LogP contribution in [0.3, 0.4) is 0 Å². The van der Waals surface area contributed by atoms with Crippen LogP contribution < -0.4 is 15.5 Å². The van der Waals surface area contributed by atoms with Gasteiger partial charge in [0.2, 0.25) is 0 Å². The molecule has 240 valence electrons. The second-order valence-electron chi connectivity index (χ2n) is 11.7. The summed E-state index contributed by atoms with van der Waals surface area (Å²) in [5.41, 5.74) is 1.71. The highest BCUT2D eigenvalue weighted by atomic mass is 32.2. The smallest absolute Gasteiger partial charge is 0.256 e. The van der Waals surface area contributed by atoms with Gasteiger partial charge < -0.3 is 35.7 Å². The Morgan fingerprint density at radius 3 is 2.26 bits per heavy atom. The predicted octanol–water partition coefficient (Wildman–Crippen LogP) is 1.71. The maximum atomic E-state index is 14.0. The molecule has 2 aromatic rings. The Labute approximate surface area is 254 Å². The fourth-order valence-electron chi connectivity index (χ4n) is 5.59. The molecule has 0 bridgehead atoms. The van der Waals surface area contributed by atoms with E-state index in [1.807, 2.05) is 31.1 Å². The van der Waals surface area contributed by atoms with Crippen molar-refractivity contribution in [3.05, 3.63) is 53.6 Å². The van der Waals surface area contributed by atoms with E-state index in [0.29, 0.717) is 24.0 Å². The van der Waals surface area contributed by atoms with Gasteiger partial charge in [-0.05, 0) is 54.3 Å². The first-order chi connectivity index (χ1) is 20.3. The van der Waals surface area contributed by atoms with E-state index >= 15 is 0 Å². The predicted molar refractivity (Wildman–Crippen MR) is 166 cm³/mol. The molecule has 0 aliphatic carbocycles. The minimum Gasteiger partial charge on any atom is -0.394 e. The molecule has 3 rings (SSSR count). The monoisotopic (exact) mass is 621 g/mol. The maximum Gasteiger partial charge on any atom is 0.256 e. The summed E-state index contributed by atoms with van der Waals surface area (Å²) in [6.45, 7) is 3.29. The van der Waals surface area contributed by atoms with Crippen LogP contribution >= 0.6 is 0 Å². The molecule has 11 nitrogen and oxygen atoms in total. The average molecular weight is 622 g/mol. The highest BCUT2D eigenvalue weighted by Gasteiger charge is 2.42. The number of nitrogens with one attached hydrogen (secondary N) is 2. The van der Waals surface area contributed by atoms with Crippen LogP contribution in [0.1, 0.15) is 69.5 Å². The van der Waals surface area contributed by atoms with E-state index in [1.165, 1.54) is 0 Å². The molecule has 12 heteroatoms. The van der Waals surface area contributed by atoms with E-state index in [2.05, 4.69) is 24.5 Å². The highest BCUT2D eigenvalue weighted by molar-refractivity contribution is 7.91. The number of benzene rings is 2. The molecule has 5 atom stereocenters. The normalized spacial score (nSPS) is 20.3. The second-order valence-corrected chi connectivity index (χ2v) is 13.7. The zero-order valence-electron chi connectivity index (χ0n) is 25.4. The lowest BCUT2D eigenvalue weighted by Gasteiger charge is -2.37. The molecule has 0 saturated heterocycles. The summed E-state index contributed by atoms with van der Waals surface area (Å²) in [6.07, 6.45) is -2.95. The third-order valence-electron chi connectivity index (χ3n) is 8.10. The Kier molecular flexibility index (Phi) is 12.1. The van der Waals surface area contributed by atoms with Crippen molar-refractivity contribution in [2.75, 3.05) is 36.7 Å². The summed E-state index contributed by atoms with van der Waals surface area (Å²) in [4.78, 5) is 14.9. The summed E-state index contributed by atoms with van der Waals surface area (Å²) in [6, 6.07) is 11.6. The fraction of sp³-hybridized carbons (Fsp3) is 0.581. The number of amides is 1. The molecule has 0 saturated carbocycles. The molecule has 43 heavy (non-hydrogen) atoms. The number of rotatable bonds is 14. The summed E-state index contributed by atoms with van der Waals surface area (Å²) in [5.74, 6) is -1.06. The van der Waals surface area contributed by atoms with Gasteiger partial charge in [-0.3, -0.25) is 10.1 Å². The van der Waals surface area contributed by atoms with Gasteiger partial charge in [0.15, 0.2) is 15.9 Å². The van der Waals surface area contributed by atoms with E-state index in [-0.39, 0.29) is 16.3 Å². The van der Waals surface area contributed by atoms with E-state index in [0.717, 1.165) is 31.4 Å². The van der Waals surface area contributed by atoms with Gasteiger partial charge >= 0.3 is 0 Å². The van der Waals surface area contributed by atoms with Crippen molar-refractivity contribution in [1.29, 1.82) is 0 Å². The SMILES string of the molecule is CCCCC1(CCCC)CS(=O)(=O)c2ccc(N(C)C)cc2[C@H](c2cccc(NC(=O)[C@H](O)[C@@H](O)[C@H](O)[C@H](O)CO)c2)N1. The lowest BCUT2D eigenvalue weighted by atomic mass is 9.86. The number of carbonyl (C=O) groups is 1. The molecule has 7 N–H and O–H groups in total. The van der Waals surface area contributed by atoms with Gasteiger partial charge in [-0.25, -0.2) is 8.42 Å². The number of anilines is 2. The van der Waals surface area contributed by atoms with Crippen LogP contribution in [-0.2, 0) is 14.6 Å². The number of fused-ring (bicyclic) bond motifs is 1. The van der Waals surface area contributed by atoms with Gasteiger partial charge in [0.05, 0.1) is 23.3 Å². The first-order valence-corrected chi connectivity index (χ1v) is 16.5. The van der Waals surface area contributed by atoms with Crippen LogP contribution in [0, 0.1) is 0 Å². The third kappa shape index (κ3) is 8.33. The minimum atomic E-state index is -3.67. The standard InChI is InChI=1S/C31H47N3O8S/c1-5-7-14-31(15-8-6-2)19-43(41,42)25-13-12-22(34(3)4)17-23(25)26(33-31)20-10-9-11-21(16-20)32-30(40)29(39)28(38)27(37)24(36)18-35/h9-13,16-17,24,26-29,33,35-39H,5-8,14-15,18-19H2,1-4H3,(H,32,40)/t24-,26+,27-,28+,29-/m1/s1. The van der Waals surface area contributed by atoms with Gasteiger partial charge in [-0.1, -0.05) is 51.7 Å². The van der Waals surface area contributed by atoms with Crippen molar-refractivity contribution in [3.63, 3.8) is 0 Å². The Bertz CT molecular complexity index is 1330. The van der Waals surface area contributed by atoms with Crippen LogP contribution in [0.15, 0.2) is 47.4 Å². The number of nitrogens with zero attached hydrogens (tertiary/aromatic N) is 1. The van der Waals surface area contributed by atoms with Gasteiger partial charge in [0.1, 0.15) is 18.3 Å². The second kappa shape index (κ2) is 14.9. The third-order valence-corrected chi connectivity index (χ3v) is 10.1. The van der Waals surface area contributed by atoms with Crippen molar-refractivity contribution >= 4 is 27.1 Å². The van der Waals surface area contributed by atoms with Crippen molar-refractivity contribution in [1.82, 2.24) is 5.32 Å². The summed E-state index contributed by atoms with van der Waals surface area (Å²) in [7, 11) is 0.0957. The molecular weight excluding hydrogens is 574 g/mol. The molecule has 1 amide bonds. The van der Waals surface area contributed by atoms with Crippen molar-refractivity contribution < 1.29 is 38.7 Å². The zero-order valence-corrected chi connectivity index (χ0v) is 26.2. The molecule has 1 aliphatic rings. The lowest BCUT2D eigenvalue weighted by Crippen LogP contribution is -2.50. The molecular formula is C31H47N3O8S. The van der Waals surface area contributed by atoms with E-state index < -0.39 is 58.3 Å². The summed E-state index contributed by atoms with van der Waals surface area (Å²) in [5, 5.41) is 55.3. The van der Waals surface area contributed by atoms with Crippen LogP contribution in [-0.4, -0.2) is 96.3 Å². The van der Waals surface area contributed by atoms with Crippen molar-refractivity contribution in [3.8, 4) is 0 Å². The quantitative estimate of drug-likeness (QED) is 0.164. The first kappa shape index (κ1) is 34.9. The van der Waals surface area contributed by atoms with Crippen LogP contribution in [0.4, 0.5) is 11.4 Å². The van der Waals surface area contributed by atoms with E-state index in [9.17, 15) is 33.6 Å². The van der Waals surface area contributed by atoms with Gasteiger partial charge in [-0.15, -0.1) is 0 Å². The average Bonchev–Trinajstić information content (AvgIpc) is 3.09. The number of sulfone groups is 1. The lowest BCUT2D eigenvalue weighted by molar-refractivity contribution is -0.144. The number of carbonyl (C=O) groups excluding carboxylic acids is 1. The van der Waals surface area contributed by atoms with Crippen LogP contribution in [0.25, 0.3) is 0 Å². The highest BCUT2D eigenvalue weighted by Crippen LogP contribution is 2.40. The molecule has 0 radical (unpaired) electrons. The van der Waals surface area contributed by atoms with Gasteiger partial charge in [0, 0.05) is 31.0 Å². The maximum absolute atomic E-state index is 14.0. The number of aliphatic hydroxyl groups is 5. The Morgan fingerprint density at radius 1 is 1.02 bits per heavy atom. The molecule has 2 aromatic carbocycles. The van der Waals surface area contributed by atoms with E-state index in [1.54, 1.807) is 30.3 Å².